The van der Waals surface area contributed by atoms with Crippen LogP contribution < -0.4 is 0 Å². The number of rotatable bonds is 1. The average Bonchev–Trinajstić information content (AvgIpc) is 2.99. The number of fused-ring (bicyclic) bond motifs is 7. The number of allylic oxidation sites excluding steroid dienone is 2. The molecule has 0 bridgehead atoms. The van der Waals surface area contributed by atoms with Crippen LogP contribution in [0.25, 0.3) is 44.4 Å². The van der Waals surface area contributed by atoms with Gasteiger partial charge < -0.3 is 5.11 Å². The van der Waals surface area contributed by atoms with Crippen LogP contribution in [0.4, 0.5) is 0 Å². The van der Waals surface area contributed by atoms with Crippen LogP contribution >= 0.6 is 0 Å². The Balaban J connectivity index is 0.000000287. The molecule has 2 aliphatic carbocycles. The Morgan fingerprint density at radius 2 is 1.73 bits per heavy atom. The van der Waals surface area contributed by atoms with E-state index in [1.54, 1.807) is 0 Å². The number of hydrogen-bond acceptors (Lipinski definition) is 3. The van der Waals surface area contributed by atoms with E-state index in [0.717, 1.165) is 24.1 Å². The summed E-state index contributed by atoms with van der Waals surface area (Å²) in [5.41, 5.74) is 11.7. The Hall–Kier alpha value is -3.07. The number of pyridine rings is 1. The number of nitrogens with zero attached hydrogens (tertiary/aromatic N) is 1. The van der Waals surface area contributed by atoms with Crippen LogP contribution in [0.15, 0.2) is 72.5 Å². The largest absolute Gasteiger partial charge is 0.512 e. The molecule has 1 N–H and O–H groups in total. The second-order valence-electron chi connectivity index (χ2n) is 8.38. The topological polar surface area (TPSA) is 50.2 Å². The molecule has 167 valence electrons. The molecular weight excluding hydrogens is 587 g/mol. The first-order valence-electron chi connectivity index (χ1n) is 11.0. The van der Waals surface area contributed by atoms with E-state index in [1.807, 2.05) is 6.07 Å². The normalized spacial score (nSPS) is 13.0. The molecule has 4 aromatic rings. The van der Waals surface area contributed by atoms with E-state index in [9.17, 15) is 4.79 Å². The van der Waals surface area contributed by atoms with Crippen molar-refractivity contribution in [3.63, 3.8) is 0 Å². The van der Waals surface area contributed by atoms with Gasteiger partial charge in [0.25, 0.3) is 0 Å². The van der Waals surface area contributed by atoms with E-state index in [-0.39, 0.29) is 31.6 Å². The monoisotopic (exact) mass is 611 g/mol. The summed E-state index contributed by atoms with van der Waals surface area (Å²) in [4.78, 5) is 15.1. The van der Waals surface area contributed by atoms with Gasteiger partial charge in [0.15, 0.2) is 5.78 Å². The molecule has 33 heavy (non-hydrogen) atoms. The Morgan fingerprint density at radius 3 is 2.45 bits per heavy atom. The molecule has 3 aromatic carbocycles. The molecule has 1 radical (unpaired) electrons. The SMILES string of the molecule is CC(=O)C=C(C)O.[Ir].[c-]1cccc2c1-c1nc3cccc4c3c(c1CCC2)-c1ccccc1-4. The molecular formula is C29H24IrNO2-. The molecule has 2 aliphatic rings. The molecule has 4 heteroatoms. The first-order chi connectivity index (χ1) is 15.5. The Morgan fingerprint density at radius 1 is 0.970 bits per heavy atom. The molecule has 0 fully saturated rings. The van der Waals surface area contributed by atoms with Gasteiger partial charge in [0, 0.05) is 31.6 Å². The van der Waals surface area contributed by atoms with E-state index in [0.29, 0.717) is 0 Å². The summed E-state index contributed by atoms with van der Waals surface area (Å²) in [6.07, 6.45) is 4.52. The van der Waals surface area contributed by atoms with Crippen molar-refractivity contribution in [3.05, 3.63) is 89.7 Å². The first-order valence-corrected chi connectivity index (χ1v) is 11.0. The van der Waals surface area contributed by atoms with E-state index in [2.05, 4.69) is 60.7 Å². The van der Waals surface area contributed by atoms with Crippen molar-refractivity contribution in [1.29, 1.82) is 0 Å². The number of hydrogen-bond donors (Lipinski definition) is 1. The summed E-state index contributed by atoms with van der Waals surface area (Å²) in [7, 11) is 0. The maximum absolute atomic E-state index is 10.0. The molecule has 0 saturated heterocycles. The van der Waals surface area contributed by atoms with Gasteiger partial charge in [0.1, 0.15) is 0 Å². The predicted molar refractivity (Wildman–Crippen MR) is 130 cm³/mol. The summed E-state index contributed by atoms with van der Waals surface area (Å²) in [6.45, 7) is 2.85. The number of carbonyl (C=O) groups excluding carboxylic acids is 1. The number of aliphatic hydroxyl groups is 1. The Bertz CT molecular complexity index is 1400. The maximum Gasteiger partial charge on any atom is 0.155 e. The van der Waals surface area contributed by atoms with Crippen LogP contribution in [0.1, 0.15) is 31.4 Å². The molecule has 1 heterocycles. The summed E-state index contributed by atoms with van der Waals surface area (Å²) in [5, 5.41) is 9.70. The standard InChI is InChI=1S/C24H16N.C5H8O2.Ir/c1-2-9-16-15(7-1)8-5-13-20-22-18-11-4-3-10-17(18)19-12-6-14-21(23(19)22)25-24(16)20;1-4(6)3-5(2)7;/h1-4,6-7,10-12,14H,5,8,13H2;3,6H,1-2H3;/q-1;;. The van der Waals surface area contributed by atoms with Gasteiger partial charge in [-0.25, -0.2) is 0 Å². The molecule has 1 aromatic heterocycles. The minimum atomic E-state index is -0.125. The van der Waals surface area contributed by atoms with E-state index in [1.165, 1.54) is 70.7 Å². The van der Waals surface area contributed by atoms with Gasteiger partial charge >= 0.3 is 0 Å². The van der Waals surface area contributed by atoms with Crippen molar-refractivity contribution < 1.29 is 30.0 Å². The summed E-state index contributed by atoms with van der Waals surface area (Å²) in [6, 6.07) is 25.2. The average molecular weight is 611 g/mol. The van der Waals surface area contributed by atoms with Crippen molar-refractivity contribution in [3.8, 4) is 33.5 Å². The predicted octanol–water partition coefficient (Wildman–Crippen LogP) is 6.87. The van der Waals surface area contributed by atoms with Crippen molar-refractivity contribution in [2.75, 3.05) is 0 Å². The smallest absolute Gasteiger partial charge is 0.155 e. The van der Waals surface area contributed by atoms with Crippen LogP contribution in [0, 0.1) is 6.07 Å². The zero-order valence-electron chi connectivity index (χ0n) is 18.6. The van der Waals surface area contributed by atoms with Crippen molar-refractivity contribution in [1.82, 2.24) is 4.98 Å². The summed E-state index contributed by atoms with van der Waals surface area (Å²) < 4.78 is 0. The summed E-state index contributed by atoms with van der Waals surface area (Å²) >= 11 is 0. The number of carbonyl (C=O) groups is 1. The minimum absolute atomic E-state index is 0. The fourth-order valence-corrected chi connectivity index (χ4v) is 4.91. The molecule has 0 spiro atoms. The second-order valence-corrected chi connectivity index (χ2v) is 8.38. The molecule has 0 unspecified atom stereocenters. The molecule has 0 saturated carbocycles. The summed E-state index contributed by atoms with van der Waals surface area (Å²) in [5.74, 6) is -0.0625. The van der Waals surface area contributed by atoms with Gasteiger partial charge in [-0.1, -0.05) is 54.8 Å². The van der Waals surface area contributed by atoms with E-state index < -0.39 is 0 Å². The maximum atomic E-state index is 10.0. The third-order valence-electron chi connectivity index (χ3n) is 6.06. The molecule has 0 atom stereocenters. The van der Waals surface area contributed by atoms with Gasteiger partial charge in [-0.2, -0.15) is 0 Å². The molecule has 6 rings (SSSR count). The van der Waals surface area contributed by atoms with Crippen LogP contribution in [0.3, 0.4) is 0 Å². The minimum Gasteiger partial charge on any atom is -0.512 e. The van der Waals surface area contributed by atoms with Crippen LogP contribution in [-0.4, -0.2) is 15.9 Å². The Kier molecular flexibility index (Phi) is 6.60. The van der Waals surface area contributed by atoms with Gasteiger partial charge in [-0.05, 0) is 54.3 Å². The van der Waals surface area contributed by atoms with E-state index >= 15 is 0 Å². The van der Waals surface area contributed by atoms with Crippen LogP contribution in [0.5, 0.6) is 0 Å². The fourth-order valence-electron chi connectivity index (χ4n) is 4.91. The van der Waals surface area contributed by atoms with Gasteiger partial charge in [-0.15, -0.1) is 35.4 Å². The number of aromatic nitrogens is 1. The third kappa shape index (κ3) is 4.17. The fraction of sp³-hybridized carbons (Fsp3) is 0.172. The molecule has 0 aliphatic heterocycles. The number of benzene rings is 3. The van der Waals surface area contributed by atoms with Gasteiger partial charge in [0.05, 0.1) is 11.3 Å². The van der Waals surface area contributed by atoms with E-state index in [4.69, 9.17) is 10.1 Å². The Labute approximate surface area is 207 Å². The van der Waals surface area contributed by atoms with Gasteiger partial charge in [-0.3, -0.25) is 9.78 Å². The molecule has 0 amide bonds. The van der Waals surface area contributed by atoms with Crippen LogP contribution in [-0.2, 0) is 37.7 Å². The van der Waals surface area contributed by atoms with Crippen molar-refractivity contribution in [2.24, 2.45) is 0 Å². The van der Waals surface area contributed by atoms with Crippen molar-refractivity contribution in [2.45, 2.75) is 33.1 Å². The zero-order chi connectivity index (χ0) is 22.2. The van der Waals surface area contributed by atoms with Crippen molar-refractivity contribution >= 4 is 16.7 Å². The van der Waals surface area contributed by atoms with Gasteiger partial charge in [0.2, 0.25) is 0 Å². The first kappa shape index (κ1) is 23.1. The third-order valence-corrected chi connectivity index (χ3v) is 6.06. The molecule has 3 nitrogen and oxygen atoms in total. The number of aryl methyl sites for hydroxylation is 1. The quantitative estimate of drug-likeness (QED) is 0.128. The second kappa shape index (κ2) is 9.43. The number of ketones is 1. The number of aliphatic hydroxyl groups excluding tert-OH is 1. The van der Waals surface area contributed by atoms with Crippen LogP contribution in [0.2, 0.25) is 0 Å². The zero-order valence-corrected chi connectivity index (χ0v) is 21.0.